The first-order valence-electron chi connectivity index (χ1n) is 12.1. The lowest BCUT2D eigenvalue weighted by atomic mass is 10.2. The monoisotopic (exact) mass is 561 g/mol. The fourth-order valence-electron chi connectivity index (χ4n) is 4.54. The number of anilines is 2. The number of rotatable bonds is 5. The van der Waals surface area contributed by atoms with Crippen LogP contribution >= 0.6 is 11.8 Å². The maximum Gasteiger partial charge on any atom is 0.280 e. The zero-order valence-corrected chi connectivity index (χ0v) is 22.0. The van der Waals surface area contributed by atoms with Gasteiger partial charge < -0.3 is 20.9 Å². The second-order valence-electron chi connectivity index (χ2n) is 9.09. The first-order chi connectivity index (χ1) is 19.1. The van der Waals surface area contributed by atoms with E-state index in [9.17, 15) is 18.8 Å². The smallest absolute Gasteiger partial charge is 0.280 e. The highest BCUT2D eigenvalue weighted by Gasteiger charge is 2.31. The van der Waals surface area contributed by atoms with Crippen LogP contribution in [0.15, 0.2) is 53.6 Å². The number of amides is 2. The Kier molecular flexibility index (Phi) is 7.17. The molecular weight excluding hydrogens is 537 g/mol. The fraction of sp³-hybridized carbons (Fsp3) is 0.192. The van der Waals surface area contributed by atoms with E-state index >= 15 is 0 Å². The van der Waals surface area contributed by atoms with E-state index in [1.807, 2.05) is 17.7 Å². The maximum atomic E-state index is 13.9. The Labute approximate surface area is 230 Å². The number of pyridine rings is 1. The van der Waals surface area contributed by atoms with Crippen molar-refractivity contribution in [2.45, 2.75) is 25.4 Å². The van der Waals surface area contributed by atoms with Crippen LogP contribution in [0.1, 0.15) is 29.5 Å². The zero-order chi connectivity index (χ0) is 28.6. The average molecular weight is 562 g/mol. The number of nitrogen functional groups attached to an aromatic ring is 1. The van der Waals surface area contributed by atoms with E-state index in [2.05, 4.69) is 20.6 Å². The summed E-state index contributed by atoms with van der Waals surface area (Å²) in [6, 6.07) is 8.35. The number of nitrogens with two attached hydrogens (primary N) is 1. The van der Waals surface area contributed by atoms with Crippen molar-refractivity contribution in [3.8, 4) is 0 Å². The number of carbonyl (C=O) groups excluding carboxylic acids is 2. The van der Waals surface area contributed by atoms with Gasteiger partial charge in [0.2, 0.25) is 5.91 Å². The van der Waals surface area contributed by atoms with E-state index in [0.29, 0.717) is 36.2 Å². The molecule has 0 saturated heterocycles. The largest absolute Gasteiger partial charge is 0.384 e. The second kappa shape index (κ2) is 10.7. The van der Waals surface area contributed by atoms with Gasteiger partial charge in [-0.15, -0.1) is 0 Å². The number of thioether (sulfide) groups is 1. The molecule has 1 aromatic carbocycles. The van der Waals surface area contributed by atoms with Crippen molar-refractivity contribution in [1.82, 2.24) is 24.4 Å². The van der Waals surface area contributed by atoms with Crippen LogP contribution in [0.2, 0.25) is 0 Å². The van der Waals surface area contributed by atoms with Gasteiger partial charge in [-0.2, -0.15) is 0 Å². The van der Waals surface area contributed by atoms with E-state index in [0.717, 1.165) is 16.6 Å². The third-order valence-corrected chi connectivity index (χ3v) is 7.41. The van der Waals surface area contributed by atoms with Crippen molar-refractivity contribution in [3.63, 3.8) is 0 Å². The molecular formula is C26H24FN9O3S. The molecule has 0 spiro atoms. The highest BCUT2D eigenvalue weighted by Crippen LogP contribution is 2.24. The molecule has 40 heavy (non-hydrogen) atoms. The maximum absolute atomic E-state index is 13.9. The van der Waals surface area contributed by atoms with Crippen molar-refractivity contribution in [1.29, 1.82) is 10.8 Å². The molecule has 0 bridgehead atoms. The van der Waals surface area contributed by atoms with Gasteiger partial charge in [0.1, 0.15) is 34.2 Å². The Hall–Kier alpha value is -4.85. The summed E-state index contributed by atoms with van der Waals surface area (Å²) < 4.78 is 17.1. The molecule has 1 atom stereocenters. The number of benzene rings is 1. The van der Waals surface area contributed by atoms with Crippen LogP contribution in [0, 0.1) is 16.6 Å². The van der Waals surface area contributed by atoms with Gasteiger partial charge in [-0.1, -0.05) is 12.1 Å². The van der Waals surface area contributed by atoms with E-state index in [-0.39, 0.29) is 28.7 Å². The van der Waals surface area contributed by atoms with Gasteiger partial charge in [-0.3, -0.25) is 29.8 Å². The van der Waals surface area contributed by atoms with Crippen molar-refractivity contribution in [3.05, 3.63) is 82.0 Å². The van der Waals surface area contributed by atoms with Gasteiger partial charge in [0.15, 0.2) is 5.04 Å². The third kappa shape index (κ3) is 5.08. The molecule has 1 aliphatic rings. The van der Waals surface area contributed by atoms with Crippen LogP contribution in [0.25, 0.3) is 10.9 Å². The number of nitrogens with zero attached hydrogens (tertiary/aromatic N) is 4. The molecule has 0 radical (unpaired) electrons. The Morgan fingerprint density at radius 1 is 1.20 bits per heavy atom. The Morgan fingerprint density at radius 2 is 1.98 bits per heavy atom. The number of aromatic nitrogens is 4. The number of hydrogen-bond acceptors (Lipinski definition) is 9. The topological polar surface area (TPSA) is 185 Å². The molecule has 1 unspecified atom stereocenters. The van der Waals surface area contributed by atoms with Gasteiger partial charge >= 0.3 is 0 Å². The summed E-state index contributed by atoms with van der Waals surface area (Å²) in [5.41, 5.74) is 6.57. The van der Waals surface area contributed by atoms with Crippen LogP contribution in [0.5, 0.6) is 0 Å². The molecule has 5 rings (SSSR count). The fourth-order valence-corrected chi connectivity index (χ4v) is 5.16. The van der Waals surface area contributed by atoms with Crippen LogP contribution in [0.4, 0.5) is 15.9 Å². The van der Waals surface area contributed by atoms with Crippen molar-refractivity contribution in [2.24, 2.45) is 7.05 Å². The highest BCUT2D eigenvalue weighted by atomic mass is 32.2. The first-order valence-corrected chi connectivity index (χ1v) is 12.9. The quantitative estimate of drug-likeness (QED) is 0.183. The lowest BCUT2D eigenvalue weighted by molar-refractivity contribution is -0.124. The normalized spacial score (nSPS) is 14.1. The lowest BCUT2D eigenvalue weighted by Crippen LogP contribution is -2.37. The molecule has 3 aromatic heterocycles. The molecule has 0 aliphatic carbocycles. The molecule has 6 N–H and O–H groups in total. The summed E-state index contributed by atoms with van der Waals surface area (Å²) >= 11 is 0.447. The zero-order valence-electron chi connectivity index (χ0n) is 21.2. The SMILES string of the molecule is Cn1c(CNC(=O)C2CCc3ncc(NC(=O)C(=N)SC(=N)c4ccccc4F)c(=O)n32)cc2cnc(N)cc21. The van der Waals surface area contributed by atoms with E-state index in [1.165, 1.54) is 35.0 Å². The number of aryl methyl sites for hydroxylation is 2. The third-order valence-electron chi connectivity index (χ3n) is 6.59. The number of fused-ring (bicyclic) bond motifs is 2. The summed E-state index contributed by atoms with van der Waals surface area (Å²) in [4.78, 5) is 47.3. The predicted octanol–water partition coefficient (Wildman–Crippen LogP) is 2.33. The summed E-state index contributed by atoms with van der Waals surface area (Å²) in [6.07, 6.45) is 3.59. The number of carbonyl (C=O) groups is 2. The summed E-state index contributed by atoms with van der Waals surface area (Å²) in [6.45, 7) is 0.205. The molecule has 4 aromatic rings. The van der Waals surface area contributed by atoms with Crippen LogP contribution in [-0.2, 0) is 29.6 Å². The molecule has 12 nitrogen and oxygen atoms in total. The van der Waals surface area contributed by atoms with Gasteiger partial charge in [0, 0.05) is 42.4 Å². The summed E-state index contributed by atoms with van der Waals surface area (Å²) in [7, 11) is 1.85. The highest BCUT2D eigenvalue weighted by molar-refractivity contribution is 8.28. The van der Waals surface area contributed by atoms with E-state index < -0.39 is 28.4 Å². The predicted molar refractivity (Wildman–Crippen MR) is 150 cm³/mol. The molecule has 4 heterocycles. The minimum Gasteiger partial charge on any atom is -0.384 e. The van der Waals surface area contributed by atoms with Crippen molar-refractivity contribution < 1.29 is 14.0 Å². The van der Waals surface area contributed by atoms with E-state index in [4.69, 9.17) is 16.6 Å². The number of halogens is 1. The van der Waals surface area contributed by atoms with Gasteiger partial charge in [-0.25, -0.2) is 14.4 Å². The van der Waals surface area contributed by atoms with Crippen molar-refractivity contribution in [2.75, 3.05) is 11.1 Å². The second-order valence-corrected chi connectivity index (χ2v) is 10.1. The van der Waals surface area contributed by atoms with Crippen molar-refractivity contribution >= 4 is 56.1 Å². The molecule has 204 valence electrons. The standard InChI is InChI=1S/C26H24FN9O3S/c1-35-14(8-13-10-31-20(28)9-19(13)35)11-33-24(37)18-6-7-21-32-12-17(26(39)36(18)21)34-25(38)23(30)40-22(29)15-4-2-3-5-16(15)27/h2-5,8-10,12,18,29-30H,6-7,11H2,1H3,(H2,28,31)(H,33,37)(H,34,38). The number of hydrogen-bond donors (Lipinski definition) is 5. The van der Waals surface area contributed by atoms with Crippen LogP contribution < -0.4 is 21.9 Å². The molecule has 0 saturated carbocycles. The van der Waals surface area contributed by atoms with Gasteiger partial charge in [0.05, 0.1) is 18.3 Å². The minimum absolute atomic E-state index is 0.0533. The van der Waals surface area contributed by atoms with E-state index in [1.54, 1.807) is 12.3 Å². The molecule has 14 heteroatoms. The summed E-state index contributed by atoms with van der Waals surface area (Å²) in [5, 5.41) is 21.2. The number of nitrogens with one attached hydrogen (secondary N) is 4. The average Bonchev–Trinajstić information content (AvgIpc) is 3.50. The van der Waals surface area contributed by atoms with Gasteiger partial charge in [0.25, 0.3) is 11.5 Å². The first kappa shape index (κ1) is 26.7. The van der Waals surface area contributed by atoms with Gasteiger partial charge in [-0.05, 0) is 36.4 Å². The van der Waals surface area contributed by atoms with Crippen LogP contribution in [-0.4, -0.2) is 41.0 Å². The molecule has 0 fully saturated rings. The Balaban J connectivity index is 1.27. The Bertz CT molecular complexity index is 1760. The lowest BCUT2D eigenvalue weighted by Gasteiger charge is -2.16. The molecule has 2 amide bonds. The minimum atomic E-state index is -0.963. The summed E-state index contributed by atoms with van der Waals surface area (Å²) in [5.74, 6) is -1.20. The molecule has 1 aliphatic heterocycles. The Morgan fingerprint density at radius 3 is 2.75 bits per heavy atom. The van der Waals surface area contributed by atoms with Crippen LogP contribution in [0.3, 0.4) is 0 Å².